The minimum Gasteiger partial charge on any atom is -0.449 e. The molecule has 0 saturated carbocycles. The molecule has 1 aromatic heterocycles. The number of ether oxygens (including phenoxy) is 2. The zero-order chi connectivity index (χ0) is 40.0. The second kappa shape index (κ2) is 20.3. The molecule has 2 fully saturated rings. The van der Waals surface area contributed by atoms with Crippen LogP contribution in [-0.4, -0.2) is 109 Å². The van der Waals surface area contributed by atoms with Crippen LogP contribution in [0.3, 0.4) is 0 Å². The van der Waals surface area contributed by atoms with Crippen molar-refractivity contribution in [2.75, 3.05) is 64.0 Å². The Morgan fingerprint density at radius 3 is 2.00 bits per heavy atom. The summed E-state index contributed by atoms with van der Waals surface area (Å²) in [6.45, 7) is 4.33. The zero-order valence-electron chi connectivity index (χ0n) is 32.5. The lowest BCUT2D eigenvalue weighted by Crippen LogP contribution is -2.57. The summed E-state index contributed by atoms with van der Waals surface area (Å²) in [5.41, 5.74) is 2.26. The number of nitrogens with zero attached hydrogens (tertiary/aromatic N) is 5. The number of anilines is 1. The lowest BCUT2D eigenvalue weighted by molar-refractivity contribution is -0.134. The Balaban J connectivity index is 1.29. The van der Waals surface area contributed by atoms with Gasteiger partial charge in [-0.3, -0.25) is 14.2 Å². The molecule has 6 rings (SSSR count). The highest BCUT2D eigenvalue weighted by atomic mass is 31.2. The SMILES string of the molecule is CCCCOC(=O)N1CCN(C(=O)C(CP(=O)(OCc2ccccc2)OCc2ccccc2)NC(=O)c2cc(N3CCC(OC)C3)nc(-c3ccccc3)n2)CC1. The molecule has 3 aromatic carbocycles. The Morgan fingerprint density at radius 2 is 1.42 bits per heavy atom. The summed E-state index contributed by atoms with van der Waals surface area (Å²) >= 11 is 0. The average molecular weight is 799 g/mol. The summed E-state index contributed by atoms with van der Waals surface area (Å²) in [7, 11) is -2.43. The summed E-state index contributed by atoms with van der Waals surface area (Å²) in [5.74, 6) is -0.268. The topological polar surface area (TPSA) is 153 Å². The largest absolute Gasteiger partial charge is 0.449 e. The van der Waals surface area contributed by atoms with Crippen molar-refractivity contribution in [3.05, 3.63) is 114 Å². The average Bonchev–Trinajstić information content (AvgIpc) is 3.75. The Hall–Kier alpha value is -5.14. The number of carbonyl (C=O) groups excluding carboxylic acids is 3. The summed E-state index contributed by atoms with van der Waals surface area (Å²) < 4.78 is 37.9. The van der Waals surface area contributed by atoms with E-state index in [0.717, 1.165) is 30.4 Å². The maximum Gasteiger partial charge on any atom is 0.409 e. The summed E-state index contributed by atoms with van der Waals surface area (Å²) in [5, 5.41) is 2.87. The first kappa shape index (κ1) is 41.5. The fourth-order valence-corrected chi connectivity index (χ4v) is 8.23. The molecule has 3 amide bonds. The standard InChI is InChI=1S/C42H51N6O8P/c1-3-4-26-54-42(51)47-24-22-46(23-25-47)41(50)37(31-57(52,55-29-32-14-8-5-9-15-32)56-30-33-16-10-6-11-17-33)44-40(49)36-27-38(48-21-20-35(28-48)53-2)45-39(43-36)34-18-12-7-13-19-34/h5-19,27,35,37H,3-4,20-26,28-31H2,1-2H3,(H,44,49). The number of hydrogen-bond donors (Lipinski definition) is 1. The molecule has 4 aromatic rings. The van der Waals surface area contributed by atoms with Gasteiger partial charge in [0.1, 0.15) is 17.6 Å². The fourth-order valence-electron chi connectivity index (χ4n) is 6.56. The van der Waals surface area contributed by atoms with Crippen molar-refractivity contribution < 1.29 is 37.5 Å². The molecule has 15 heteroatoms. The number of benzene rings is 3. The van der Waals surface area contributed by atoms with Crippen LogP contribution in [0.4, 0.5) is 10.6 Å². The van der Waals surface area contributed by atoms with Gasteiger partial charge in [-0.2, -0.15) is 0 Å². The van der Waals surface area contributed by atoms with Crippen LogP contribution in [-0.2, 0) is 41.1 Å². The van der Waals surface area contributed by atoms with E-state index >= 15 is 0 Å². The molecule has 0 bridgehead atoms. The Labute approximate surface area is 334 Å². The van der Waals surface area contributed by atoms with Gasteiger partial charge < -0.3 is 38.5 Å². The number of hydrogen-bond acceptors (Lipinski definition) is 11. The second-order valence-electron chi connectivity index (χ2n) is 14.0. The second-order valence-corrected chi connectivity index (χ2v) is 16.1. The third-order valence-corrected chi connectivity index (χ3v) is 11.8. The Morgan fingerprint density at radius 1 is 0.825 bits per heavy atom. The van der Waals surface area contributed by atoms with Crippen molar-refractivity contribution in [3.63, 3.8) is 0 Å². The fraction of sp³-hybridized carbons (Fsp3) is 0.405. The van der Waals surface area contributed by atoms with Gasteiger partial charge in [0.25, 0.3) is 5.91 Å². The van der Waals surface area contributed by atoms with Gasteiger partial charge in [-0.15, -0.1) is 0 Å². The van der Waals surface area contributed by atoms with Crippen LogP contribution < -0.4 is 10.2 Å². The van der Waals surface area contributed by atoms with E-state index in [9.17, 15) is 18.9 Å². The number of amides is 3. The minimum absolute atomic E-state index is 0.0130. The van der Waals surface area contributed by atoms with Crippen LogP contribution in [0.2, 0.25) is 0 Å². The molecule has 3 heterocycles. The molecule has 0 spiro atoms. The third-order valence-electron chi connectivity index (χ3n) is 9.90. The van der Waals surface area contributed by atoms with Crippen molar-refractivity contribution in [1.82, 2.24) is 25.1 Å². The number of unbranched alkanes of at least 4 members (excludes halogenated alkanes) is 1. The maximum atomic E-state index is 14.8. The van der Waals surface area contributed by atoms with Crippen LogP contribution in [0.5, 0.6) is 0 Å². The minimum atomic E-state index is -4.10. The summed E-state index contributed by atoms with van der Waals surface area (Å²) in [4.78, 5) is 56.2. The van der Waals surface area contributed by atoms with Crippen LogP contribution in [0, 0.1) is 0 Å². The number of piperazine rings is 1. The molecule has 2 aliphatic heterocycles. The van der Waals surface area contributed by atoms with Gasteiger partial charge in [-0.25, -0.2) is 14.8 Å². The van der Waals surface area contributed by atoms with Crippen LogP contribution in [0.1, 0.15) is 47.8 Å². The summed E-state index contributed by atoms with van der Waals surface area (Å²) in [6, 6.07) is 28.0. The molecular weight excluding hydrogens is 747 g/mol. The van der Waals surface area contributed by atoms with Crippen LogP contribution in [0.25, 0.3) is 11.4 Å². The predicted molar refractivity (Wildman–Crippen MR) is 216 cm³/mol. The highest BCUT2D eigenvalue weighted by Crippen LogP contribution is 2.50. The maximum absolute atomic E-state index is 14.8. The van der Waals surface area contributed by atoms with Gasteiger partial charge in [0.05, 0.1) is 32.1 Å². The molecule has 14 nitrogen and oxygen atoms in total. The smallest absolute Gasteiger partial charge is 0.409 e. The first-order valence-corrected chi connectivity index (χ1v) is 21.2. The molecule has 0 aliphatic carbocycles. The van der Waals surface area contributed by atoms with Crippen molar-refractivity contribution in [1.29, 1.82) is 0 Å². The molecular formula is C42H51N6O8P. The van der Waals surface area contributed by atoms with Crippen molar-refractivity contribution in [3.8, 4) is 11.4 Å². The normalized spacial score (nSPS) is 16.3. The highest BCUT2D eigenvalue weighted by Gasteiger charge is 2.38. The highest BCUT2D eigenvalue weighted by molar-refractivity contribution is 7.53. The molecule has 57 heavy (non-hydrogen) atoms. The third kappa shape index (κ3) is 11.7. The van der Waals surface area contributed by atoms with Crippen LogP contribution >= 0.6 is 7.60 Å². The van der Waals surface area contributed by atoms with Crippen molar-refractivity contribution in [2.45, 2.75) is 51.5 Å². The van der Waals surface area contributed by atoms with E-state index in [4.69, 9.17) is 23.5 Å². The lowest BCUT2D eigenvalue weighted by atomic mass is 10.2. The first-order valence-electron chi connectivity index (χ1n) is 19.4. The molecule has 2 saturated heterocycles. The Kier molecular flexibility index (Phi) is 14.8. The van der Waals surface area contributed by atoms with Gasteiger partial charge in [0.15, 0.2) is 5.82 Å². The van der Waals surface area contributed by atoms with E-state index in [0.29, 0.717) is 36.9 Å². The van der Waals surface area contributed by atoms with Crippen molar-refractivity contribution in [2.24, 2.45) is 0 Å². The number of rotatable bonds is 17. The van der Waals surface area contributed by atoms with Gasteiger partial charge in [0, 0.05) is 58.0 Å². The van der Waals surface area contributed by atoms with Crippen molar-refractivity contribution >= 4 is 31.3 Å². The van der Waals surface area contributed by atoms with E-state index < -0.39 is 37.7 Å². The molecule has 2 aliphatic rings. The van der Waals surface area contributed by atoms with E-state index in [1.165, 1.54) is 0 Å². The number of nitrogens with one attached hydrogen (secondary N) is 1. The monoisotopic (exact) mass is 798 g/mol. The number of carbonyl (C=O) groups is 3. The molecule has 0 radical (unpaired) electrons. The van der Waals surface area contributed by atoms with Gasteiger partial charge in [0.2, 0.25) is 5.91 Å². The van der Waals surface area contributed by atoms with Gasteiger partial charge >= 0.3 is 13.7 Å². The number of methoxy groups -OCH3 is 1. The van der Waals surface area contributed by atoms with E-state index in [1.54, 1.807) is 23.0 Å². The van der Waals surface area contributed by atoms with E-state index in [1.807, 2.05) is 103 Å². The molecule has 2 unspecified atom stereocenters. The van der Waals surface area contributed by atoms with E-state index in [2.05, 4.69) is 10.3 Å². The van der Waals surface area contributed by atoms with Gasteiger partial charge in [-0.1, -0.05) is 104 Å². The predicted octanol–water partition coefficient (Wildman–Crippen LogP) is 6.17. The molecule has 302 valence electrons. The summed E-state index contributed by atoms with van der Waals surface area (Å²) in [6.07, 6.45) is 1.58. The molecule has 1 N–H and O–H groups in total. The zero-order valence-corrected chi connectivity index (χ0v) is 33.4. The molecule has 2 atom stereocenters. The van der Waals surface area contributed by atoms with E-state index in [-0.39, 0.29) is 51.2 Å². The Bertz CT molecular complexity index is 1920. The number of aromatic nitrogens is 2. The quantitative estimate of drug-likeness (QED) is 0.0964. The van der Waals surface area contributed by atoms with Gasteiger partial charge in [-0.05, 0) is 24.0 Å². The lowest BCUT2D eigenvalue weighted by Gasteiger charge is -2.36. The first-order chi connectivity index (χ1) is 27.7. The van der Waals surface area contributed by atoms with Crippen LogP contribution in [0.15, 0.2) is 97.1 Å².